The summed E-state index contributed by atoms with van der Waals surface area (Å²) in [5, 5.41) is 21.5. The maximum atomic E-state index is 12.2. The van der Waals surface area contributed by atoms with Crippen LogP contribution in [0.15, 0.2) is 11.5 Å². The first-order valence-corrected chi connectivity index (χ1v) is 8.36. The lowest BCUT2D eigenvalue weighted by atomic mass is 10.1. The summed E-state index contributed by atoms with van der Waals surface area (Å²) in [7, 11) is 0. The van der Waals surface area contributed by atoms with E-state index in [9.17, 15) is 19.2 Å². The van der Waals surface area contributed by atoms with Crippen LogP contribution in [0, 0.1) is 0 Å². The summed E-state index contributed by atoms with van der Waals surface area (Å²) in [6.07, 6.45) is 1.50. The molecule has 0 saturated heterocycles. The quantitative estimate of drug-likeness (QED) is 0.307. The van der Waals surface area contributed by atoms with E-state index < -0.39 is 42.4 Å². The average Bonchev–Trinajstić information content (AvgIpc) is 2.50. The molecule has 136 valence electrons. The predicted octanol–water partition coefficient (Wildman–Crippen LogP) is -0.312. The van der Waals surface area contributed by atoms with E-state index in [1.165, 1.54) is 11.8 Å². The molecular formula is C13H21N3O6S2. The van der Waals surface area contributed by atoms with Gasteiger partial charge in [-0.1, -0.05) is 18.9 Å². The Morgan fingerprint density at radius 2 is 1.96 bits per heavy atom. The van der Waals surface area contributed by atoms with Crippen molar-refractivity contribution in [1.82, 2.24) is 9.62 Å². The molecular weight excluding hydrogens is 358 g/mol. The predicted molar refractivity (Wildman–Crippen MR) is 92.4 cm³/mol. The summed E-state index contributed by atoms with van der Waals surface area (Å²) in [5.41, 5.74) is 5.31. The van der Waals surface area contributed by atoms with Crippen LogP contribution in [0.25, 0.3) is 0 Å². The Labute approximate surface area is 149 Å². The van der Waals surface area contributed by atoms with Crippen LogP contribution in [0.2, 0.25) is 0 Å². The van der Waals surface area contributed by atoms with Gasteiger partial charge in [0.25, 0.3) is 5.91 Å². The Morgan fingerprint density at radius 3 is 2.46 bits per heavy atom. The van der Waals surface area contributed by atoms with Gasteiger partial charge < -0.3 is 21.3 Å². The monoisotopic (exact) mass is 379 g/mol. The Kier molecular flexibility index (Phi) is 10.9. The minimum atomic E-state index is -1.24. The summed E-state index contributed by atoms with van der Waals surface area (Å²) >= 11 is 5.06. The fourth-order valence-electron chi connectivity index (χ4n) is 1.49. The van der Waals surface area contributed by atoms with Gasteiger partial charge >= 0.3 is 11.9 Å². The van der Waals surface area contributed by atoms with Gasteiger partial charge in [0.05, 0.1) is 0 Å². The number of allylic oxidation sites excluding steroid dienone is 1. The van der Waals surface area contributed by atoms with E-state index in [1.807, 2.05) is 0 Å². The van der Waals surface area contributed by atoms with E-state index in [-0.39, 0.29) is 18.6 Å². The number of nitrogens with two attached hydrogens (primary N) is 1. The molecule has 0 aliphatic carbocycles. The summed E-state index contributed by atoms with van der Waals surface area (Å²) < 4.78 is 0.701. The Balaban J connectivity index is 4.75. The molecule has 0 aromatic rings. The maximum Gasteiger partial charge on any atom is 0.324 e. The first kappa shape index (κ1) is 22.3. The fraction of sp³-hybridized carbons (Fsp3) is 0.538. The molecule has 0 radical (unpaired) electrons. The number of nitrogens with zero attached hydrogens (tertiary/aromatic N) is 1. The number of rotatable bonds is 11. The van der Waals surface area contributed by atoms with Gasteiger partial charge in [-0.25, -0.2) is 0 Å². The third kappa shape index (κ3) is 9.43. The molecule has 0 saturated carbocycles. The van der Waals surface area contributed by atoms with E-state index >= 15 is 0 Å². The van der Waals surface area contributed by atoms with Crippen LogP contribution >= 0.6 is 24.6 Å². The highest BCUT2D eigenvalue weighted by molar-refractivity contribution is 8.02. The smallest absolute Gasteiger partial charge is 0.324 e. The lowest BCUT2D eigenvalue weighted by Crippen LogP contribution is -2.48. The fourth-order valence-corrected chi connectivity index (χ4v) is 2.47. The third-order valence-corrected chi connectivity index (χ3v) is 4.00. The van der Waals surface area contributed by atoms with Crippen molar-refractivity contribution in [3.05, 3.63) is 11.5 Å². The van der Waals surface area contributed by atoms with Crippen molar-refractivity contribution >= 4 is 48.3 Å². The number of thioether (sulfide) groups is 1. The van der Waals surface area contributed by atoms with Crippen LogP contribution < -0.4 is 11.1 Å². The van der Waals surface area contributed by atoms with Crippen LogP contribution in [0.3, 0.4) is 0 Å². The largest absolute Gasteiger partial charge is 0.480 e. The van der Waals surface area contributed by atoms with Gasteiger partial charge in [-0.3, -0.25) is 23.5 Å². The zero-order valence-corrected chi connectivity index (χ0v) is 14.8. The number of carbonyl (C=O) groups is 4. The number of nitrogens with one attached hydrogen (secondary N) is 1. The molecule has 0 aliphatic heterocycles. The topological polar surface area (TPSA) is 150 Å². The SMILES string of the molecule is CC=CSCC(NC(=O)CCC(N)C(=O)O)C(=O)N(S)CC(=O)O. The molecule has 0 aliphatic rings. The Bertz CT molecular complexity index is 500. The molecule has 2 amide bonds. The third-order valence-electron chi connectivity index (χ3n) is 2.67. The summed E-state index contributed by atoms with van der Waals surface area (Å²) in [4.78, 5) is 45.3. The lowest BCUT2D eigenvalue weighted by molar-refractivity contribution is -0.141. The molecule has 5 N–H and O–H groups in total. The van der Waals surface area contributed by atoms with Gasteiger partial charge in [0.2, 0.25) is 5.91 Å². The summed E-state index contributed by atoms with van der Waals surface area (Å²) in [5.74, 6) is -3.51. The molecule has 2 atom stereocenters. The number of hydrogen-bond acceptors (Lipinski definition) is 7. The van der Waals surface area contributed by atoms with Crippen LogP contribution in [0.4, 0.5) is 0 Å². The second kappa shape index (κ2) is 11.8. The normalized spacial score (nSPS) is 13.3. The van der Waals surface area contributed by atoms with Gasteiger partial charge in [0.15, 0.2) is 0 Å². The first-order chi connectivity index (χ1) is 11.2. The molecule has 0 fully saturated rings. The van der Waals surface area contributed by atoms with Crippen molar-refractivity contribution in [2.45, 2.75) is 31.8 Å². The van der Waals surface area contributed by atoms with Crippen molar-refractivity contribution in [2.75, 3.05) is 12.3 Å². The number of carboxylic acid groups (broad SMARTS) is 2. The molecule has 9 nitrogen and oxygen atoms in total. The van der Waals surface area contributed by atoms with E-state index in [0.717, 1.165) is 0 Å². The summed E-state index contributed by atoms with van der Waals surface area (Å²) in [6.45, 7) is 1.16. The van der Waals surface area contributed by atoms with E-state index in [4.69, 9.17) is 15.9 Å². The second-order valence-corrected chi connectivity index (χ2v) is 6.12. The standard InChI is InChI=1S/C13H21N3O6S2/c1-2-5-24-7-9(12(20)16(23)6-11(18)19)15-10(17)4-3-8(14)13(21)22/h2,5,8-9,23H,3-4,6-7,14H2,1H3,(H,15,17)(H,18,19)(H,21,22). The minimum Gasteiger partial charge on any atom is -0.480 e. The van der Waals surface area contributed by atoms with E-state index in [0.29, 0.717) is 4.31 Å². The van der Waals surface area contributed by atoms with Gasteiger partial charge in [-0.2, -0.15) is 0 Å². The average molecular weight is 379 g/mol. The van der Waals surface area contributed by atoms with Gasteiger partial charge in [-0.05, 0) is 18.8 Å². The van der Waals surface area contributed by atoms with Crippen molar-refractivity contribution in [1.29, 1.82) is 0 Å². The zero-order chi connectivity index (χ0) is 18.7. The van der Waals surface area contributed by atoms with Gasteiger partial charge in [0, 0.05) is 12.2 Å². The number of hydrogen-bond donors (Lipinski definition) is 5. The molecule has 0 aromatic heterocycles. The van der Waals surface area contributed by atoms with Crippen LogP contribution in [-0.4, -0.2) is 62.7 Å². The molecule has 0 bridgehead atoms. The number of thiol groups is 1. The lowest BCUT2D eigenvalue weighted by Gasteiger charge is -2.22. The molecule has 24 heavy (non-hydrogen) atoms. The molecule has 0 heterocycles. The Morgan fingerprint density at radius 1 is 1.33 bits per heavy atom. The van der Waals surface area contributed by atoms with E-state index in [1.54, 1.807) is 18.4 Å². The Hall–Kier alpha value is -1.72. The van der Waals surface area contributed by atoms with Gasteiger partial charge in [-0.15, -0.1) is 11.8 Å². The van der Waals surface area contributed by atoms with Crippen LogP contribution in [0.5, 0.6) is 0 Å². The van der Waals surface area contributed by atoms with E-state index in [2.05, 4.69) is 18.1 Å². The van der Waals surface area contributed by atoms with Crippen molar-refractivity contribution in [3.63, 3.8) is 0 Å². The minimum absolute atomic E-state index is 0.0796. The molecule has 0 spiro atoms. The van der Waals surface area contributed by atoms with Crippen molar-refractivity contribution in [3.8, 4) is 0 Å². The number of amides is 2. The first-order valence-electron chi connectivity index (χ1n) is 6.91. The van der Waals surface area contributed by atoms with Crippen molar-refractivity contribution in [2.24, 2.45) is 5.73 Å². The highest BCUT2D eigenvalue weighted by Gasteiger charge is 2.26. The molecule has 11 heteroatoms. The highest BCUT2D eigenvalue weighted by atomic mass is 32.2. The van der Waals surface area contributed by atoms with Crippen LogP contribution in [-0.2, 0) is 19.2 Å². The number of carboxylic acids is 2. The highest BCUT2D eigenvalue weighted by Crippen LogP contribution is 2.09. The molecule has 0 aromatic carbocycles. The number of carbonyl (C=O) groups excluding carboxylic acids is 2. The second-order valence-electron chi connectivity index (χ2n) is 4.70. The zero-order valence-electron chi connectivity index (χ0n) is 13.0. The maximum absolute atomic E-state index is 12.2. The van der Waals surface area contributed by atoms with Crippen molar-refractivity contribution < 1.29 is 29.4 Å². The van der Waals surface area contributed by atoms with Crippen LogP contribution in [0.1, 0.15) is 19.8 Å². The number of aliphatic carboxylic acids is 2. The molecule has 2 unspecified atom stereocenters. The summed E-state index contributed by atoms with van der Waals surface area (Å²) in [6, 6.07) is -2.16. The van der Waals surface area contributed by atoms with Gasteiger partial charge in [0.1, 0.15) is 18.6 Å². The molecule has 0 rings (SSSR count).